The van der Waals surface area contributed by atoms with E-state index in [0.29, 0.717) is 12.8 Å². The highest BCUT2D eigenvalue weighted by molar-refractivity contribution is 5.76. The molecule has 0 spiro atoms. The van der Waals surface area contributed by atoms with Gasteiger partial charge in [-0.3, -0.25) is 4.79 Å². The molecule has 4 heteroatoms. The van der Waals surface area contributed by atoms with Crippen molar-refractivity contribution in [2.75, 3.05) is 6.61 Å². The highest BCUT2D eigenvalue weighted by Gasteiger charge is 2.15. The largest absolute Gasteiger partial charge is 0.394 e. The molecule has 0 saturated carbocycles. The van der Waals surface area contributed by atoms with E-state index in [1.165, 1.54) is 0 Å². The van der Waals surface area contributed by atoms with E-state index in [9.17, 15) is 4.79 Å². The zero-order valence-corrected chi connectivity index (χ0v) is 11.7. The van der Waals surface area contributed by atoms with Crippen LogP contribution < -0.4 is 11.1 Å². The molecular formula is C15H24N2O2. The summed E-state index contributed by atoms with van der Waals surface area (Å²) in [6.45, 7) is 3.90. The maximum Gasteiger partial charge on any atom is 0.220 e. The van der Waals surface area contributed by atoms with Crippen LogP contribution in [-0.2, 0) is 4.79 Å². The number of rotatable bonds is 7. The molecule has 1 amide bonds. The van der Waals surface area contributed by atoms with Crippen molar-refractivity contribution >= 4 is 5.91 Å². The quantitative estimate of drug-likeness (QED) is 0.700. The van der Waals surface area contributed by atoms with Crippen molar-refractivity contribution in [1.82, 2.24) is 5.32 Å². The average molecular weight is 264 g/mol. The third-order valence-electron chi connectivity index (χ3n) is 3.26. The van der Waals surface area contributed by atoms with E-state index in [4.69, 9.17) is 10.8 Å². The second-order valence-corrected chi connectivity index (χ2v) is 5.16. The van der Waals surface area contributed by atoms with E-state index in [1.807, 2.05) is 44.2 Å². The number of carbonyl (C=O) groups is 1. The number of hydrogen-bond acceptors (Lipinski definition) is 3. The summed E-state index contributed by atoms with van der Waals surface area (Å²) in [5.41, 5.74) is 7.08. The summed E-state index contributed by atoms with van der Waals surface area (Å²) in [5, 5.41) is 12.0. The van der Waals surface area contributed by atoms with Crippen molar-refractivity contribution in [1.29, 1.82) is 0 Å². The number of hydrogen-bond donors (Lipinski definition) is 3. The van der Waals surface area contributed by atoms with E-state index in [-0.39, 0.29) is 30.5 Å². The SMILES string of the molecule is CC(C)[C@@H](CO)NC(=O)CCC(N)c1ccccc1. The van der Waals surface area contributed by atoms with Gasteiger partial charge < -0.3 is 16.2 Å². The molecule has 1 aromatic rings. The molecule has 4 N–H and O–H groups in total. The number of amides is 1. The Bertz CT molecular complexity index is 379. The fourth-order valence-electron chi connectivity index (χ4n) is 1.86. The molecule has 0 aliphatic heterocycles. The molecule has 19 heavy (non-hydrogen) atoms. The summed E-state index contributed by atoms with van der Waals surface area (Å²) < 4.78 is 0. The minimum Gasteiger partial charge on any atom is -0.394 e. The number of aliphatic hydroxyl groups excluding tert-OH is 1. The molecule has 2 atom stereocenters. The molecule has 4 nitrogen and oxygen atoms in total. The summed E-state index contributed by atoms with van der Waals surface area (Å²) in [5.74, 6) is 0.163. The first kappa shape index (κ1) is 15.7. The van der Waals surface area contributed by atoms with E-state index >= 15 is 0 Å². The van der Waals surface area contributed by atoms with Crippen LogP contribution in [0.2, 0.25) is 0 Å². The Balaban J connectivity index is 2.38. The summed E-state index contributed by atoms with van der Waals surface area (Å²) in [6.07, 6.45) is 0.978. The van der Waals surface area contributed by atoms with Gasteiger partial charge in [-0.2, -0.15) is 0 Å². The van der Waals surface area contributed by atoms with Gasteiger partial charge >= 0.3 is 0 Å². The first-order valence-corrected chi connectivity index (χ1v) is 6.75. The Morgan fingerprint density at radius 3 is 2.47 bits per heavy atom. The Kier molecular flexibility index (Phi) is 6.53. The lowest BCUT2D eigenvalue weighted by Gasteiger charge is -2.20. The standard InChI is InChI=1S/C15H24N2O2/c1-11(2)14(10-18)17-15(19)9-8-13(16)12-6-4-3-5-7-12/h3-7,11,13-14,18H,8-10,16H2,1-2H3,(H,17,19)/t13?,14-/m1/s1. The molecule has 0 heterocycles. The molecule has 106 valence electrons. The first-order valence-electron chi connectivity index (χ1n) is 6.75. The van der Waals surface area contributed by atoms with Crippen LogP contribution in [0.25, 0.3) is 0 Å². The highest BCUT2D eigenvalue weighted by atomic mass is 16.3. The molecule has 0 fully saturated rings. The zero-order valence-electron chi connectivity index (χ0n) is 11.7. The van der Waals surface area contributed by atoms with E-state index in [1.54, 1.807) is 0 Å². The summed E-state index contributed by atoms with van der Waals surface area (Å²) >= 11 is 0. The molecule has 0 aromatic heterocycles. The van der Waals surface area contributed by atoms with Gasteiger partial charge in [0.2, 0.25) is 5.91 Å². The lowest BCUT2D eigenvalue weighted by molar-refractivity contribution is -0.122. The van der Waals surface area contributed by atoms with Crippen LogP contribution in [0.15, 0.2) is 30.3 Å². The van der Waals surface area contributed by atoms with Crippen LogP contribution in [0.5, 0.6) is 0 Å². The van der Waals surface area contributed by atoms with Crippen LogP contribution in [0.1, 0.15) is 38.3 Å². The molecule has 0 saturated heterocycles. The molecule has 1 unspecified atom stereocenters. The van der Waals surface area contributed by atoms with Crippen LogP contribution >= 0.6 is 0 Å². The van der Waals surface area contributed by atoms with Gasteiger partial charge in [-0.25, -0.2) is 0 Å². The Hall–Kier alpha value is -1.39. The van der Waals surface area contributed by atoms with E-state index in [2.05, 4.69) is 5.32 Å². The fraction of sp³-hybridized carbons (Fsp3) is 0.533. The Morgan fingerprint density at radius 2 is 1.95 bits per heavy atom. The minimum absolute atomic E-state index is 0.0336. The van der Waals surface area contributed by atoms with E-state index < -0.39 is 0 Å². The molecule has 1 rings (SSSR count). The second-order valence-electron chi connectivity index (χ2n) is 5.16. The Morgan fingerprint density at radius 1 is 1.32 bits per heavy atom. The summed E-state index contributed by atoms with van der Waals surface area (Å²) in [6, 6.07) is 9.45. The molecule has 0 radical (unpaired) electrons. The minimum atomic E-state index is -0.180. The third-order valence-corrected chi connectivity index (χ3v) is 3.26. The summed E-state index contributed by atoms with van der Waals surface area (Å²) in [7, 11) is 0. The fourth-order valence-corrected chi connectivity index (χ4v) is 1.86. The van der Waals surface area contributed by atoms with Crippen LogP contribution in [0, 0.1) is 5.92 Å². The highest BCUT2D eigenvalue weighted by Crippen LogP contribution is 2.15. The van der Waals surface area contributed by atoms with Crippen molar-refractivity contribution < 1.29 is 9.90 Å². The van der Waals surface area contributed by atoms with Gasteiger partial charge in [0, 0.05) is 12.5 Å². The van der Waals surface area contributed by atoms with Crippen LogP contribution in [0.4, 0.5) is 0 Å². The molecular weight excluding hydrogens is 240 g/mol. The maximum atomic E-state index is 11.8. The van der Waals surface area contributed by atoms with E-state index in [0.717, 1.165) is 5.56 Å². The van der Waals surface area contributed by atoms with Crippen LogP contribution in [0.3, 0.4) is 0 Å². The van der Waals surface area contributed by atoms with Crippen molar-refractivity contribution in [3.63, 3.8) is 0 Å². The number of aliphatic hydroxyl groups is 1. The lowest BCUT2D eigenvalue weighted by atomic mass is 10.0. The topological polar surface area (TPSA) is 75.3 Å². The molecule has 0 bridgehead atoms. The number of benzene rings is 1. The normalized spacial score (nSPS) is 14.2. The van der Waals surface area contributed by atoms with Gasteiger partial charge in [-0.1, -0.05) is 44.2 Å². The zero-order chi connectivity index (χ0) is 14.3. The second kappa shape index (κ2) is 7.92. The molecule has 0 aliphatic rings. The average Bonchev–Trinajstić information content (AvgIpc) is 2.42. The molecule has 0 aliphatic carbocycles. The van der Waals surface area contributed by atoms with Gasteiger partial charge in [-0.15, -0.1) is 0 Å². The smallest absolute Gasteiger partial charge is 0.220 e. The monoisotopic (exact) mass is 264 g/mol. The number of nitrogens with two attached hydrogens (primary N) is 1. The van der Waals surface area contributed by atoms with Crippen molar-refractivity contribution in [2.24, 2.45) is 11.7 Å². The van der Waals surface area contributed by atoms with Gasteiger partial charge in [0.15, 0.2) is 0 Å². The third kappa shape index (κ3) is 5.41. The number of carbonyl (C=O) groups excluding carboxylic acids is 1. The van der Waals surface area contributed by atoms with Crippen molar-refractivity contribution in [3.8, 4) is 0 Å². The molecule has 1 aromatic carbocycles. The first-order chi connectivity index (χ1) is 9.04. The lowest BCUT2D eigenvalue weighted by Crippen LogP contribution is -2.41. The Labute approximate surface area is 115 Å². The maximum absolute atomic E-state index is 11.8. The van der Waals surface area contributed by atoms with Crippen LogP contribution in [-0.4, -0.2) is 23.7 Å². The number of nitrogens with one attached hydrogen (secondary N) is 1. The predicted molar refractivity (Wildman–Crippen MR) is 76.5 cm³/mol. The van der Waals surface area contributed by atoms with Gasteiger partial charge in [0.1, 0.15) is 0 Å². The predicted octanol–water partition coefficient (Wildman–Crippen LogP) is 1.60. The van der Waals surface area contributed by atoms with Gasteiger partial charge in [0.05, 0.1) is 12.6 Å². The van der Waals surface area contributed by atoms with Gasteiger partial charge in [0.25, 0.3) is 0 Å². The summed E-state index contributed by atoms with van der Waals surface area (Å²) in [4.78, 5) is 11.8. The van der Waals surface area contributed by atoms with Crippen molar-refractivity contribution in [3.05, 3.63) is 35.9 Å². The van der Waals surface area contributed by atoms with Crippen molar-refractivity contribution in [2.45, 2.75) is 38.8 Å². The van der Waals surface area contributed by atoms with Gasteiger partial charge in [-0.05, 0) is 17.9 Å².